The molecule has 0 amide bonds. The van der Waals surface area contributed by atoms with Gasteiger partial charge in [-0.05, 0) is 29.5 Å². The molecule has 1 N–H and O–H groups in total. The minimum absolute atomic E-state index is 0.138. The van der Waals surface area contributed by atoms with Crippen molar-refractivity contribution in [2.45, 2.75) is 26.3 Å². The largest absolute Gasteiger partial charge is 0.363 e. The molecule has 1 aromatic carbocycles. The number of nitrogens with one attached hydrogen (secondary N) is 1. The van der Waals surface area contributed by atoms with Gasteiger partial charge in [-0.1, -0.05) is 31.2 Å². The lowest BCUT2D eigenvalue weighted by molar-refractivity contribution is 0.865. The van der Waals surface area contributed by atoms with Crippen LogP contribution in [0.15, 0.2) is 54.4 Å². The van der Waals surface area contributed by atoms with Crippen LogP contribution in [-0.4, -0.2) is 19.9 Å². The zero-order chi connectivity index (χ0) is 17.9. The van der Waals surface area contributed by atoms with E-state index in [0.29, 0.717) is 0 Å². The third kappa shape index (κ3) is 3.28. The van der Waals surface area contributed by atoms with Gasteiger partial charge in [-0.3, -0.25) is 0 Å². The fraction of sp³-hybridized carbons (Fsp3) is 0.200. The number of benzene rings is 1. The van der Waals surface area contributed by atoms with Crippen molar-refractivity contribution in [1.29, 1.82) is 0 Å². The predicted octanol–water partition coefficient (Wildman–Crippen LogP) is 4.88. The van der Waals surface area contributed by atoms with E-state index in [9.17, 15) is 0 Å². The molecule has 5 nitrogen and oxygen atoms in total. The summed E-state index contributed by atoms with van der Waals surface area (Å²) in [6, 6.07) is 10.7. The Kier molecular flexibility index (Phi) is 4.58. The Balaban J connectivity index is 1.59. The summed E-state index contributed by atoms with van der Waals surface area (Å²) in [5.74, 6) is 1.77. The minimum atomic E-state index is 0.138. The molecule has 1 atom stereocenters. The van der Waals surface area contributed by atoms with E-state index in [1.807, 2.05) is 12.4 Å². The average molecular weight is 361 g/mol. The SMILES string of the molecule is CCc1nc(NC(C)c2ccc(-c3cncnc3)cc2)c2ccsc2n1. The fourth-order valence-corrected chi connectivity index (χ4v) is 3.65. The monoisotopic (exact) mass is 361 g/mol. The van der Waals surface area contributed by atoms with Gasteiger partial charge in [0.1, 0.15) is 22.8 Å². The Morgan fingerprint density at radius 3 is 2.50 bits per heavy atom. The number of hydrogen-bond donors (Lipinski definition) is 1. The summed E-state index contributed by atoms with van der Waals surface area (Å²) in [7, 11) is 0. The molecule has 0 fully saturated rings. The number of aromatic nitrogens is 4. The number of thiophene rings is 1. The molecular weight excluding hydrogens is 342 g/mol. The van der Waals surface area contributed by atoms with E-state index in [2.05, 4.69) is 69.8 Å². The van der Waals surface area contributed by atoms with Crippen molar-refractivity contribution >= 4 is 27.4 Å². The van der Waals surface area contributed by atoms with Gasteiger partial charge < -0.3 is 5.32 Å². The molecule has 0 bridgehead atoms. The first-order valence-corrected chi connectivity index (χ1v) is 9.48. The van der Waals surface area contributed by atoms with E-state index in [-0.39, 0.29) is 6.04 Å². The Labute approximate surface area is 156 Å². The van der Waals surface area contributed by atoms with Crippen LogP contribution in [0.3, 0.4) is 0 Å². The predicted molar refractivity (Wildman–Crippen MR) is 106 cm³/mol. The Morgan fingerprint density at radius 2 is 1.77 bits per heavy atom. The Morgan fingerprint density at radius 1 is 1.00 bits per heavy atom. The first-order valence-electron chi connectivity index (χ1n) is 8.60. The summed E-state index contributed by atoms with van der Waals surface area (Å²) < 4.78 is 0. The van der Waals surface area contributed by atoms with Gasteiger partial charge in [-0.2, -0.15) is 0 Å². The van der Waals surface area contributed by atoms with Crippen LogP contribution in [0.2, 0.25) is 0 Å². The summed E-state index contributed by atoms with van der Waals surface area (Å²) in [4.78, 5) is 18.5. The van der Waals surface area contributed by atoms with Gasteiger partial charge in [0.15, 0.2) is 0 Å². The number of nitrogens with zero attached hydrogens (tertiary/aromatic N) is 4. The second kappa shape index (κ2) is 7.17. The van der Waals surface area contributed by atoms with Crippen LogP contribution in [0.1, 0.15) is 31.3 Å². The molecule has 0 radical (unpaired) electrons. The lowest BCUT2D eigenvalue weighted by Crippen LogP contribution is -2.09. The van der Waals surface area contributed by atoms with Crippen LogP contribution in [-0.2, 0) is 6.42 Å². The molecule has 0 saturated carbocycles. The van der Waals surface area contributed by atoms with E-state index >= 15 is 0 Å². The van der Waals surface area contributed by atoms with Gasteiger partial charge in [0.05, 0.1) is 5.39 Å². The quantitative estimate of drug-likeness (QED) is 0.549. The molecule has 4 rings (SSSR count). The zero-order valence-electron chi connectivity index (χ0n) is 14.7. The lowest BCUT2D eigenvalue weighted by Gasteiger charge is -2.16. The van der Waals surface area contributed by atoms with Crippen LogP contribution in [0.5, 0.6) is 0 Å². The van der Waals surface area contributed by atoms with Crippen LogP contribution in [0.4, 0.5) is 5.82 Å². The standard InChI is InChI=1S/C20H19N5S/c1-3-18-24-19(17-8-9-26-20(17)25-18)23-13(2)14-4-6-15(7-5-14)16-10-21-12-22-11-16/h4-13H,3H2,1-2H3,(H,23,24,25). The van der Waals surface area contributed by atoms with E-state index in [0.717, 1.165) is 39.4 Å². The van der Waals surface area contributed by atoms with Gasteiger partial charge in [0.25, 0.3) is 0 Å². The number of aryl methyl sites for hydroxylation is 1. The molecule has 6 heteroatoms. The number of anilines is 1. The van der Waals surface area contributed by atoms with Gasteiger partial charge in [0.2, 0.25) is 0 Å². The molecule has 26 heavy (non-hydrogen) atoms. The number of hydrogen-bond acceptors (Lipinski definition) is 6. The van der Waals surface area contributed by atoms with E-state index in [1.165, 1.54) is 5.56 Å². The molecule has 0 aliphatic carbocycles. The molecule has 3 heterocycles. The van der Waals surface area contributed by atoms with Crippen molar-refractivity contribution in [2.75, 3.05) is 5.32 Å². The van der Waals surface area contributed by atoms with E-state index in [4.69, 9.17) is 4.98 Å². The maximum atomic E-state index is 4.69. The highest BCUT2D eigenvalue weighted by Crippen LogP contribution is 2.29. The topological polar surface area (TPSA) is 63.6 Å². The first kappa shape index (κ1) is 16.6. The normalized spacial score (nSPS) is 12.2. The number of rotatable bonds is 5. The summed E-state index contributed by atoms with van der Waals surface area (Å²) >= 11 is 1.65. The maximum Gasteiger partial charge on any atom is 0.138 e. The summed E-state index contributed by atoms with van der Waals surface area (Å²) in [6.45, 7) is 4.22. The molecule has 0 saturated heterocycles. The highest BCUT2D eigenvalue weighted by atomic mass is 32.1. The van der Waals surface area contributed by atoms with Crippen molar-refractivity contribution < 1.29 is 0 Å². The maximum absolute atomic E-state index is 4.69. The summed E-state index contributed by atoms with van der Waals surface area (Å²) in [5, 5.41) is 6.69. The van der Waals surface area contributed by atoms with Crippen LogP contribution < -0.4 is 5.32 Å². The molecule has 0 aliphatic rings. The summed E-state index contributed by atoms with van der Waals surface area (Å²) in [6.07, 6.45) is 6.01. The van der Waals surface area contributed by atoms with Gasteiger partial charge in [-0.15, -0.1) is 11.3 Å². The molecular formula is C20H19N5S. The van der Waals surface area contributed by atoms with Crippen molar-refractivity contribution in [2.24, 2.45) is 0 Å². The van der Waals surface area contributed by atoms with E-state index < -0.39 is 0 Å². The van der Waals surface area contributed by atoms with Crippen molar-refractivity contribution in [3.05, 3.63) is 65.8 Å². The third-order valence-corrected chi connectivity index (χ3v) is 5.15. The lowest BCUT2D eigenvalue weighted by atomic mass is 10.0. The van der Waals surface area contributed by atoms with Crippen LogP contribution >= 0.6 is 11.3 Å². The van der Waals surface area contributed by atoms with Crippen molar-refractivity contribution in [3.63, 3.8) is 0 Å². The minimum Gasteiger partial charge on any atom is -0.363 e. The molecule has 0 aliphatic heterocycles. The van der Waals surface area contributed by atoms with Gasteiger partial charge >= 0.3 is 0 Å². The highest BCUT2D eigenvalue weighted by Gasteiger charge is 2.12. The van der Waals surface area contributed by atoms with Crippen LogP contribution in [0.25, 0.3) is 21.3 Å². The Bertz CT molecular complexity index is 1010. The fourth-order valence-electron chi connectivity index (χ4n) is 2.87. The van der Waals surface area contributed by atoms with Crippen LogP contribution in [0, 0.1) is 0 Å². The average Bonchev–Trinajstić information content (AvgIpc) is 3.17. The molecule has 4 aromatic rings. The van der Waals surface area contributed by atoms with E-state index in [1.54, 1.807) is 17.7 Å². The zero-order valence-corrected chi connectivity index (χ0v) is 15.5. The van der Waals surface area contributed by atoms with Crippen molar-refractivity contribution in [3.8, 4) is 11.1 Å². The molecule has 0 spiro atoms. The van der Waals surface area contributed by atoms with Crippen molar-refractivity contribution in [1.82, 2.24) is 19.9 Å². The molecule has 3 aromatic heterocycles. The smallest absolute Gasteiger partial charge is 0.138 e. The van der Waals surface area contributed by atoms with Gasteiger partial charge in [-0.25, -0.2) is 19.9 Å². The second-order valence-corrected chi connectivity index (χ2v) is 6.99. The Hall–Kier alpha value is -2.86. The summed E-state index contributed by atoms with van der Waals surface area (Å²) in [5.41, 5.74) is 3.32. The molecule has 1 unspecified atom stereocenters. The number of fused-ring (bicyclic) bond motifs is 1. The molecule has 130 valence electrons. The second-order valence-electron chi connectivity index (χ2n) is 6.10. The first-order chi connectivity index (χ1) is 12.7. The third-order valence-electron chi connectivity index (χ3n) is 4.35. The highest BCUT2D eigenvalue weighted by molar-refractivity contribution is 7.16. The van der Waals surface area contributed by atoms with Gasteiger partial charge in [0, 0.05) is 30.4 Å².